The van der Waals surface area contributed by atoms with Crippen LogP contribution in [0.5, 0.6) is 11.5 Å². The molecule has 0 aliphatic heterocycles. The molecule has 1 heterocycles. The van der Waals surface area contributed by atoms with Crippen LogP contribution in [0, 0.1) is 0 Å². The van der Waals surface area contributed by atoms with Crippen LogP contribution in [0.15, 0.2) is 58.1 Å². The summed E-state index contributed by atoms with van der Waals surface area (Å²) in [6.45, 7) is 3.20. The minimum atomic E-state index is -0.370. The Morgan fingerprint density at radius 1 is 0.639 bits per heavy atom. The van der Waals surface area contributed by atoms with Crippen molar-refractivity contribution in [2.24, 2.45) is 0 Å². The summed E-state index contributed by atoms with van der Waals surface area (Å²) in [4.78, 5) is 34.8. The van der Waals surface area contributed by atoms with Crippen LogP contribution in [0.3, 0.4) is 0 Å². The van der Waals surface area contributed by atoms with Crippen molar-refractivity contribution >= 4 is 12.2 Å². The van der Waals surface area contributed by atoms with Gasteiger partial charge in [-0.1, -0.05) is 24.3 Å². The normalized spacial score (nSPS) is 12.5. The first-order chi connectivity index (χ1) is 17.3. The van der Waals surface area contributed by atoms with Gasteiger partial charge in [-0.25, -0.2) is 0 Å². The lowest BCUT2D eigenvalue weighted by atomic mass is 10.2. The van der Waals surface area contributed by atoms with Crippen molar-refractivity contribution in [2.45, 2.75) is 12.8 Å². The third kappa shape index (κ3) is 8.87. The zero-order valence-corrected chi connectivity index (χ0v) is 21.5. The first-order valence-corrected chi connectivity index (χ1v) is 12.1. The quantitative estimate of drug-likeness (QED) is 0.372. The summed E-state index contributed by atoms with van der Waals surface area (Å²) in [7, 11) is 8.12. The number of H-pyrrole nitrogens is 2. The highest BCUT2D eigenvalue weighted by Crippen LogP contribution is 2.13. The summed E-state index contributed by atoms with van der Waals surface area (Å²) in [5.41, 5.74) is 0.834. The number of nitrogens with zero attached hydrogens (tertiary/aromatic N) is 2. The van der Waals surface area contributed by atoms with Crippen LogP contribution in [0.4, 0.5) is 0 Å². The predicted molar refractivity (Wildman–Crippen MR) is 144 cm³/mol. The van der Waals surface area contributed by atoms with E-state index in [-0.39, 0.29) is 21.8 Å². The van der Waals surface area contributed by atoms with Gasteiger partial charge in [0.25, 0.3) is 11.1 Å². The number of hydrogen-bond donors (Lipinski definition) is 2. The fourth-order valence-electron chi connectivity index (χ4n) is 3.49. The second-order valence-electron chi connectivity index (χ2n) is 9.17. The number of benzene rings is 2. The molecule has 1 aromatic heterocycles. The summed E-state index contributed by atoms with van der Waals surface area (Å²) >= 11 is 0. The Hall–Kier alpha value is -3.62. The van der Waals surface area contributed by atoms with E-state index in [0.29, 0.717) is 13.2 Å². The standard InChI is InChI=1S/C28H36N4O4/c1-31(2)15-5-17-35-23-11-7-21(8-12-23)19-25-27(33)30-26(28(34)29-25)20-22-9-13-24(14-10-22)36-18-6-16-32(3)4/h7-14,19-20H,5-6,15-18H2,1-4H3,(H,29,34)(H,30,33). The molecule has 0 amide bonds. The molecule has 0 saturated carbocycles. The Bertz CT molecular complexity index is 1220. The van der Waals surface area contributed by atoms with Gasteiger partial charge in [0.2, 0.25) is 0 Å². The topological polar surface area (TPSA) is 90.7 Å². The van der Waals surface area contributed by atoms with Crippen molar-refractivity contribution in [2.75, 3.05) is 54.5 Å². The molecule has 0 aliphatic rings. The maximum absolute atomic E-state index is 12.6. The first-order valence-electron chi connectivity index (χ1n) is 12.1. The summed E-state index contributed by atoms with van der Waals surface area (Å²) in [5.74, 6) is 1.53. The Kier molecular flexibility index (Phi) is 10.1. The van der Waals surface area contributed by atoms with E-state index in [1.54, 1.807) is 12.2 Å². The van der Waals surface area contributed by atoms with Crippen LogP contribution in [0.2, 0.25) is 0 Å². The first kappa shape index (κ1) is 27.0. The van der Waals surface area contributed by atoms with Gasteiger partial charge in [-0.2, -0.15) is 0 Å². The van der Waals surface area contributed by atoms with Crippen molar-refractivity contribution in [3.63, 3.8) is 0 Å². The highest BCUT2D eigenvalue weighted by molar-refractivity contribution is 5.51. The van der Waals surface area contributed by atoms with Crippen LogP contribution in [-0.2, 0) is 0 Å². The van der Waals surface area contributed by atoms with Crippen LogP contribution >= 0.6 is 0 Å². The lowest BCUT2D eigenvalue weighted by Crippen LogP contribution is -2.46. The molecule has 0 spiro atoms. The zero-order valence-electron chi connectivity index (χ0n) is 21.5. The summed E-state index contributed by atoms with van der Waals surface area (Å²) < 4.78 is 11.5. The Morgan fingerprint density at radius 2 is 1.00 bits per heavy atom. The van der Waals surface area contributed by atoms with E-state index in [2.05, 4.69) is 19.8 Å². The highest BCUT2D eigenvalue weighted by Gasteiger charge is 2.00. The minimum Gasteiger partial charge on any atom is -0.494 e. The van der Waals surface area contributed by atoms with Gasteiger partial charge in [0.1, 0.15) is 22.2 Å². The van der Waals surface area contributed by atoms with Crippen LogP contribution in [0.1, 0.15) is 24.0 Å². The number of rotatable bonds is 12. The molecule has 2 aromatic carbocycles. The van der Waals surface area contributed by atoms with Gasteiger partial charge in [0.15, 0.2) is 0 Å². The van der Waals surface area contributed by atoms with E-state index in [0.717, 1.165) is 48.6 Å². The lowest BCUT2D eigenvalue weighted by molar-refractivity contribution is 0.281. The summed E-state index contributed by atoms with van der Waals surface area (Å²) in [5, 5.41) is 0.386. The van der Waals surface area contributed by atoms with Crippen LogP contribution in [-0.4, -0.2) is 74.3 Å². The van der Waals surface area contributed by atoms with Gasteiger partial charge in [-0.15, -0.1) is 0 Å². The Balaban J connectivity index is 1.68. The van der Waals surface area contributed by atoms with E-state index in [4.69, 9.17) is 9.47 Å². The van der Waals surface area contributed by atoms with E-state index in [9.17, 15) is 9.59 Å². The minimum absolute atomic E-state index is 0.193. The monoisotopic (exact) mass is 492 g/mol. The molecule has 3 rings (SSSR count). The molecule has 192 valence electrons. The summed E-state index contributed by atoms with van der Waals surface area (Å²) in [6, 6.07) is 14.8. The van der Waals surface area contributed by atoms with Crippen LogP contribution < -0.4 is 31.3 Å². The van der Waals surface area contributed by atoms with Crippen molar-refractivity contribution in [3.05, 3.63) is 91.1 Å². The Labute approximate surface area is 211 Å². The zero-order chi connectivity index (χ0) is 25.9. The average molecular weight is 493 g/mol. The van der Waals surface area contributed by atoms with Gasteiger partial charge in [0, 0.05) is 13.1 Å². The smallest absolute Gasteiger partial charge is 0.272 e. The average Bonchev–Trinajstić information content (AvgIpc) is 2.84. The number of aromatic amines is 2. The largest absolute Gasteiger partial charge is 0.494 e. The molecule has 0 saturated heterocycles. The van der Waals surface area contributed by atoms with E-state index in [1.165, 1.54) is 0 Å². The van der Waals surface area contributed by atoms with Crippen molar-refractivity contribution in [3.8, 4) is 11.5 Å². The molecule has 36 heavy (non-hydrogen) atoms. The van der Waals surface area contributed by atoms with Crippen molar-refractivity contribution in [1.82, 2.24) is 19.8 Å². The number of nitrogens with one attached hydrogen (secondary N) is 2. The molecule has 0 unspecified atom stereocenters. The fourth-order valence-corrected chi connectivity index (χ4v) is 3.49. The molecule has 0 fully saturated rings. The van der Waals surface area contributed by atoms with Gasteiger partial charge in [-0.3, -0.25) is 9.59 Å². The third-order valence-corrected chi connectivity index (χ3v) is 5.40. The molecular weight excluding hydrogens is 456 g/mol. The van der Waals surface area contributed by atoms with Gasteiger partial charge >= 0.3 is 0 Å². The predicted octanol–water partition coefficient (Wildman–Crippen LogP) is 1.38. The van der Waals surface area contributed by atoms with Crippen molar-refractivity contribution < 1.29 is 9.47 Å². The third-order valence-electron chi connectivity index (χ3n) is 5.40. The Morgan fingerprint density at radius 3 is 1.33 bits per heavy atom. The van der Waals surface area contributed by atoms with Crippen LogP contribution in [0.25, 0.3) is 12.2 Å². The molecule has 0 bridgehead atoms. The second-order valence-corrected chi connectivity index (χ2v) is 9.17. The lowest BCUT2D eigenvalue weighted by Gasteiger charge is -2.10. The van der Waals surface area contributed by atoms with E-state index >= 15 is 0 Å². The van der Waals surface area contributed by atoms with Crippen molar-refractivity contribution in [1.29, 1.82) is 0 Å². The fraction of sp³-hybridized carbons (Fsp3) is 0.357. The molecule has 8 heteroatoms. The molecular formula is C28H36N4O4. The SMILES string of the molecule is CN(C)CCCOc1ccc(C=c2[nH]c(=O)c(=Cc3ccc(OCCCN(C)C)cc3)[nH]c2=O)cc1. The molecule has 3 aromatic rings. The molecule has 0 radical (unpaired) electrons. The molecule has 0 atom stereocenters. The summed E-state index contributed by atoms with van der Waals surface area (Å²) in [6.07, 6.45) is 5.16. The molecule has 2 N–H and O–H groups in total. The van der Waals surface area contributed by atoms with E-state index < -0.39 is 0 Å². The number of hydrogen-bond acceptors (Lipinski definition) is 6. The van der Waals surface area contributed by atoms with Gasteiger partial charge in [-0.05, 0) is 88.6 Å². The molecule has 0 aliphatic carbocycles. The highest BCUT2D eigenvalue weighted by atomic mass is 16.5. The maximum atomic E-state index is 12.6. The molecule has 8 nitrogen and oxygen atoms in total. The second kappa shape index (κ2) is 13.5. The van der Waals surface area contributed by atoms with Gasteiger partial charge in [0.05, 0.1) is 13.2 Å². The number of ether oxygens (including phenoxy) is 2. The maximum Gasteiger partial charge on any atom is 0.272 e. The number of aromatic nitrogens is 2. The van der Waals surface area contributed by atoms with E-state index in [1.807, 2.05) is 76.7 Å². The van der Waals surface area contributed by atoms with Gasteiger partial charge < -0.3 is 29.2 Å².